The summed E-state index contributed by atoms with van der Waals surface area (Å²) in [5.74, 6) is 6.10. The lowest BCUT2D eigenvalue weighted by Crippen LogP contribution is -2.21. The Kier molecular flexibility index (Phi) is 4.33. The van der Waals surface area contributed by atoms with Crippen molar-refractivity contribution < 1.29 is 0 Å². The Morgan fingerprint density at radius 3 is 2.41 bits per heavy atom. The van der Waals surface area contributed by atoms with Crippen molar-refractivity contribution in [3.63, 3.8) is 0 Å². The molecule has 2 aliphatic carbocycles. The standard InChI is InChI=1S/C17H30/c1-5-8-9-12(4)14(7-3)16-10-13(6-2)15-11-17(15)16/h8-9,12-17H,5-7,10-11H2,1-4H3. The van der Waals surface area contributed by atoms with E-state index in [-0.39, 0.29) is 0 Å². The molecule has 2 fully saturated rings. The summed E-state index contributed by atoms with van der Waals surface area (Å²) in [7, 11) is 0. The van der Waals surface area contributed by atoms with Crippen molar-refractivity contribution in [3.8, 4) is 0 Å². The van der Waals surface area contributed by atoms with E-state index in [2.05, 4.69) is 39.8 Å². The Morgan fingerprint density at radius 1 is 1.12 bits per heavy atom. The van der Waals surface area contributed by atoms with E-state index in [1.165, 1.54) is 25.7 Å². The molecule has 0 aromatic heterocycles. The molecule has 0 nitrogen and oxygen atoms in total. The maximum Gasteiger partial charge on any atom is -0.0231 e. The molecule has 2 aliphatic rings. The zero-order chi connectivity index (χ0) is 12.4. The van der Waals surface area contributed by atoms with E-state index in [4.69, 9.17) is 0 Å². The molecule has 0 aliphatic heterocycles. The van der Waals surface area contributed by atoms with E-state index in [0.29, 0.717) is 0 Å². The highest BCUT2D eigenvalue weighted by atomic mass is 14.6. The van der Waals surface area contributed by atoms with Gasteiger partial charge in [-0.05, 0) is 54.8 Å². The fraction of sp³-hybridized carbons (Fsp3) is 0.882. The van der Waals surface area contributed by atoms with Gasteiger partial charge in [-0.2, -0.15) is 0 Å². The van der Waals surface area contributed by atoms with Crippen LogP contribution < -0.4 is 0 Å². The third kappa shape index (κ3) is 2.61. The van der Waals surface area contributed by atoms with Crippen LogP contribution in [0.3, 0.4) is 0 Å². The zero-order valence-corrected chi connectivity index (χ0v) is 12.2. The van der Waals surface area contributed by atoms with Gasteiger partial charge >= 0.3 is 0 Å². The lowest BCUT2D eigenvalue weighted by molar-refractivity contribution is 0.230. The smallest absolute Gasteiger partial charge is 0.0231 e. The minimum Gasteiger partial charge on any atom is -0.0885 e. The van der Waals surface area contributed by atoms with Crippen LogP contribution in [0.4, 0.5) is 0 Å². The van der Waals surface area contributed by atoms with Gasteiger partial charge in [-0.1, -0.05) is 52.7 Å². The minimum atomic E-state index is 0.793. The molecule has 0 bridgehead atoms. The molecule has 17 heavy (non-hydrogen) atoms. The van der Waals surface area contributed by atoms with Crippen molar-refractivity contribution in [1.29, 1.82) is 0 Å². The predicted molar refractivity (Wildman–Crippen MR) is 75.9 cm³/mol. The van der Waals surface area contributed by atoms with Gasteiger partial charge < -0.3 is 0 Å². The summed E-state index contributed by atoms with van der Waals surface area (Å²) in [5.41, 5.74) is 0. The number of rotatable bonds is 6. The SMILES string of the molecule is CCC=CC(C)C(CC)C1CC(CC)C2CC21. The van der Waals surface area contributed by atoms with Crippen LogP contribution in [0, 0.1) is 35.5 Å². The summed E-state index contributed by atoms with van der Waals surface area (Å²) in [5, 5.41) is 0. The van der Waals surface area contributed by atoms with Crippen molar-refractivity contribution in [2.24, 2.45) is 35.5 Å². The zero-order valence-electron chi connectivity index (χ0n) is 12.2. The molecular formula is C17H30. The second kappa shape index (κ2) is 5.59. The fourth-order valence-corrected chi connectivity index (χ4v) is 4.49. The van der Waals surface area contributed by atoms with Gasteiger partial charge in [-0.3, -0.25) is 0 Å². The van der Waals surface area contributed by atoms with E-state index < -0.39 is 0 Å². The Labute approximate surface area is 108 Å². The molecule has 6 unspecified atom stereocenters. The first-order valence-corrected chi connectivity index (χ1v) is 7.89. The first-order chi connectivity index (χ1) is 8.22. The monoisotopic (exact) mass is 234 g/mol. The maximum atomic E-state index is 2.48. The molecule has 0 aromatic carbocycles. The van der Waals surface area contributed by atoms with Crippen molar-refractivity contribution in [3.05, 3.63) is 12.2 Å². The maximum absolute atomic E-state index is 2.48. The first kappa shape index (κ1) is 13.2. The van der Waals surface area contributed by atoms with E-state index >= 15 is 0 Å². The second-order valence-corrected chi connectivity index (χ2v) is 6.40. The third-order valence-electron chi connectivity index (χ3n) is 5.52. The van der Waals surface area contributed by atoms with Crippen LogP contribution in [0.15, 0.2) is 12.2 Å². The predicted octanol–water partition coefficient (Wildman–Crippen LogP) is 5.30. The number of allylic oxidation sites excluding steroid dienone is 2. The van der Waals surface area contributed by atoms with Crippen molar-refractivity contribution in [2.75, 3.05) is 0 Å². The normalized spacial score (nSPS) is 39.3. The summed E-state index contributed by atoms with van der Waals surface area (Å²) in [4.78, 5) is 0. The summed E-state index contributed by atoms with van der Waals surface area (Å²) in [6.45, 7) is 9.47. The molecule has 0 spiro atoms. The molecule has 2 rings (SSSR count). The highest BCUT2D eigenvalue weighted by molar-refractivity contribution is 5.05. The van der Waals surface area contributed by atoms with Crippen LogP contribution in [-0.4, -0.2) is 0 Å². The van der Waals surface area contributed by atoms with Crippen LogP contribution in [0.2, 0.25) is 0 Å². The second-order valence-electron chi connectivity index (χ2n) is 6.40. The number of hydrogen-bond acceptors (Lipinski definition) is 0. The molecule has 0 amide bonds. The molecule has 0 saturated heterocycles. The van der Waals surface area contributed by atoms with E-state index in [9.17, 15) is 0 Å². The Morgan fingerprint density at radius 2 is 1.88 bits per heavy atom. The Hall–Kier alpha value is -0.260. The van der Waals surface area contributed by atoms with Gasteiger partial charge in [0.1, 0.15) is 0 Å². The lowest BCUT2D eigenvalue weighted by atomic mass is 9.76. The highest BCUT2D eigenvalue weighted by Gasteiger charge is 2.55. The number of fused-ring (bicyclic) bond motifs is 1. The van der Waals surface area contributed by atoms with Crippen molar-refractivity contribution >= 4 is 0 Å². The lowest BCUT2D eigenvalue weighted by Gasteiger charge is -2.29. The summed E-state index contributed by atoms with van der Waals surface area (Å²) in [6.07, 6.45) is 11.9. The van der Waals surface area contributed by atoms with E-state index in [1.54, 1.807) is 6.42 Å². The number of hydrogen-bond donors (Lipinski definition) is 0. The fourth-order valence-electron chi connectivity index (χ4n) is 4.49. The van der Waals surface area contributed by atoms with Gasteiger partial charge in [0.25, 0.3) is 0 Å². The topological polar surface area (TPSA) is 0 Å². The highest BCUT2D eigenvalue weighted by Crippen LogP contribution is 2.62. The van der Waals surface area contributed by atoms with Crippen LogP contribution in [0.25, 0.3) is 0 Å². The summed E-state index contributed by atoms with van der Waals surface area (Å²) in [6, 6.07) is 0. The largest absolute Gasteiger partial charge is 0.0885 e. The van der Waals surface area contributed by atoms with E-state index in [1.807, 2.05) is 0 Å². The van der Waals surface area contributed by atoms with Crippen LogP contribution in [0.5, 0.6) is 0 Å². The molecule has 0 N–H and O–H groups in total. The molecule has 6 atom stereocenters. The van der Waals surface area contributed by atoms with Gasteiger partial charge in [-0.15, -0.1) is 0 Å². The molecule has 0 heterocycles. The molecule has 2 saturated carbocycles. The molecule has 0 aromatic rings. The van der Waals surface area contributed by atoms with Gasteiger partial charge in [-0.25, -0.2) is 0 Å². The molecule has 98 valence electrons. The summed E-state index contributed by atoms with van der Waals surface area (Å²) < 4.78 is 0. The molecular weight excluding hydrogens is 204 g/mol. The van der Waals surface area contributed by atoms with Gasteiger partial charge in [0.05, 0.1) is 0 Å². The quantitative estimate of drug-likeness (QED) is 0.547. The molecule has 0 heteroatoms. The average Bonchev–Trinajstić information content (AvgIpc) is 3.05. The van der Waals surface area contributed by atoms with Crippen molar-refractivity contribution in [1.82, 2.24) is 0 Å². The Bertz CT molecular complexity index is 265. The van der Waals surface area contributed by atoms with Gasteiger partial charge in [0, 0.05) is 0 Å². The van der Waals surface area contributed by atoms with Gasteiger partial charge in [0.15, 0.2) is 0 Å². The molecule has 0 radical (unpaired) electrons. The van der Waals surface area contributed by atoms with Crippen LogP contribution >= 0.6 is 0 Å². The Balaban J connectivity index is 1.97. The first-order valence-electron chi connectivity index (χ1n) is 7.89. The van der Waals surface area contributed by atoms with Gasteiger partial charge in [0.2, 0.25) is 0 Å². The van der Waals surface area contributed by atoms with Crippen molar-refractivity contribution in [2.45, 2.75) is 59.8 Å². The van der Waals surface area contributed by atoms with E-state index in [0.717, 1.165) is 35.5 Å². The summed E-state index contributed by atoms with van der Waals surface area (Å²) >= 11 is 0. The average molecular weight is 234 g/mol. The van der Waals surface area contributed by atoms with Crippen LogP contribution in [-0.2, 0) is 0 Å². The van der Waals surface area contributed by atoms with Crippen LogP contribution in [0.1, 0.15) is 59.8 Å². The third-order valence-corrected chi connectivity index (χ3v) is 5.52. The minimum absolute atomic E-state index is 0.793.